The van der Waals surface area contributed by atoms with E-state index >= 15 is 0 Å². The van der Waals surface area contributed by atoms with E-state index in [4.69, 9.17) is 0 Å². The second-order valence-corrected chi connectivity index (χ2v) is 5.65. The Morgan fingerprint density at radius 3 is 2.94 bits per heavy atom. The first kappa shape index (κ1) is 10.1. The van der Waals surface area contributed by atoms with E-state index < -0.39 is 0 Å². The van der Waals surface area contributed by atoms with Crippen LogP contribution in [0.5, 0.6) is 0 Å². The molecule has 0 saturated heterocycles. The predicted octanol–water partition coefficient (Wildman–Crippen LogP) is 3.62. The lowest BCUT2D eigenvalue weighted by Crippen LogP contribution is -2.42. The van der Waals surface area contributed by atoms with Gasteiger partial charge in [0.1, 0.15) is 0 Å². The van der Waals surface area contributed by atoms with Crippen LogP contribution in [0.1, 0.15) is 48.5 Å². The summed E-state index contributed by atoms with van der Waals surface area (Å²) in [5.41, 5.74) is 2.50. The average Bonchev–Trinajstić information content (AvgIpc) is 2.28. The quantitative estimate of drug-likeness (QED) is 0.644. The van der Waals surface area contributed by atoms with Crippen molar-refractivity contribution in [3.8, 4) is 0 Å². The molecule has 1 fully saturated rings. The molecule has 0 heterocycles. The SMILES string of the molecule is CC12CCCCC1C(=O)c1ccccc1C2. The number of hydrogen-bond acceptors (Lipinski definition) is 1. The minimum atomic E-state index is 0.240. The van der Waals surface area contributed by atoms with Crippen LogP contribution >= 0.6 is 0 Å². The standard InChI is InChI=1S/C15H18O/c1-15-9-5-4-8-13(15)14(16)12-7-3-2-6-11(12)10-15/h2-3,6-7,13H,4-5,8-10H2,1H3. The summed E-state index contributed by atoms with van der Waals surface area (Å²) in [6, 6.07) is 8.18. The summed E-state index contributed by atoms with van der Waals surface area (Å²) < 4.78 is 0. The number of ketones is 1. The van der Waals surface area contributed by atoms with Crippen molar-refractivity contribution in [2.24, 2.45) is 11.3 Å². The third-order valence-corrected chi connectivity index (χ3v) is 4.53. The molecule has 2 unspecified atom stereocenters. The number of carbonyl (C=O) groups excluding carboxylic acids is 1. The number of fused-ring (bicyclic) bond motifs is 2. The van der Waals surface area contributed by atoms with Crippen LogP contribution in [0.4, 0.5) is 0 Å². The van der Waals surface area contributed by atoms with Crippen molar-refractivity contribution in [2.45, 2.75) is 39.0 Å². The van der Waals surface area contributed by atoms with Crippen LogP contribution in [-0.2, 0) is 6.42 Å². The van der Waals surface area contributed by atoms with Gasteiger partial charge in [0.05, 0.1) is 0 Å². The number of carbonyl (C=O) groups is 1. The lowest BCUT2D eigenvalue weighted by Gasteiger charge is -2.44. The van der Waals surface area contributed by atoms with E-state index in [0.29, 0.717) is 5.78 Å². The van der Waals surface area contributed by atoms with Gasteiger partial charge in [0.15, 0.2) is 5.78 Å². The molecule has 84 valence electrons. The van der Waals surface area contributed by atoms with Crippen LogP contribution in [-0.4, -0.2) is 5.78 Å². The maximum absolute atomic E-state index is 12.5. The first-order valence-electron chi connectivity index (χ1n) is 6.33. The summed E-state index contributed by atoms with van der Waals surface area (Å²) >= 11 is 0. The van der Waals surface area contributed by atoms with Gasteiger partial charge in [-0.15, -0.1) is 0 Å². The zero-order valence-electron chi connectivity index (χ0n) is 9.83. The third kappa shape index (κ3) is 1.34. The second kappa shape index (κ2) is 3.44. The van der Waals surface area contributed by atoms with Gasteiger partial charge in [-0.1, -0.05) is 44.0 Å². The minimum absolute atomic E-state index is 0.240. The van der Waals surface area contributed by atoms with Crippen LogP contribution in [0.3, 0.4) is 0 Å². The molecule has 16 heavy (non-hydrogen) atoms. The minimum Gasteiger partial charge on any atom is -0.294 e. The van der Waals surface area contributed by atoms with E-state index in [1.54, 1.807) is 0 Å². The average molecular weight is 214 g/mol. The Balaban J connectivity index is 2.09. The van der Waals surface area contributed by atoms with Crippen LogP contribution in [0.2, 0.25) is 0 Å². The summed E-state index contributed by atoms with van der Waals surface area (Å²) in [4.78, 5) is 12.5. The highest BCUT2D eigenvalue weighted by Gasteiger charge is 2.44. The lowest BCUT2D eigenvalue weighted by molar-refractivity contribution is 0.0602. The molecule has 1 aromatic carbocycles. The number of Topliss-reactive ketones (excluding diaryl/α,β-unsaturated/α-hetero) is 1. The Labute approximate surface area is 96.9 Å². The molecule has 1 nitrogen and oxygen atoms in total. The second-order valence-electron chi connectivity index (χ2n) is 5.65. The van der Waals surface area contributed by atoms with E-state index in [1.165, 1.54) is 24.8 Å². The molecule has 1 saturated carbocycles. The number of rotatable bonds is 0. The molecule has 0 bridgehead atoms. The Morgan fingerprint density at radius 2 is 2.06 bits per heavy atom. The van der Waals surface area contributed by atoms with Gasteiger partial charge in [-0.25, -0.2) is 0 Å². The smallest absolute Gasteiger partial charge is 0.166 e. The van der Waals surface area contributed by atoms with Crippen molar-refractivity contribution in [1.82, 2.24) is 0 Å². The third-order valence-electron chi connectivity index (χ3n) is 4.53. The Hall–Kier alpha value is -1.11. The van der Waals surface area contributed by atoms with Crippen LogP contribution < -0.4 is 0 Å². The van der Waals surface area contributed by atoms with Gasteiger partial charge < -0.3 is 0 Å². The maximum Gasteiger partial charge on any atom is 0.166 e. The van der Waals surface area contributed by atoms with Crippen molar-refractivity contribution in [3.05, 3.63) is 35.4 Å². The van der Waals surface area contributed by atoms with Gasteiger partial charge in [-0.05, 0) is 30.2 Å². The Kier molecular flexibility index (Phi) is 2.17. The van der Waals surface area contributed by atoms with E-state index in [2.05, 4.69) is 19.1 Å². The zero-order valence-corrected chi connectivity index (χ0v) is 9.83. The van der Waals surface area contributed by atoms with Gasteiger partial charge in [0.25, 0.3) is 0 Å². The number of hydrogen-bond donors (Lipinski definition) is 0. The summed E-state index contributed by atoms with van der Waals surface area (Å²) in [6.45, 7) is 2.31. The molecule has 1 heteroatoms. The topological polar surface area (TPSA) is 17.1 Å². The van der Waals surface area contributed by atoms with E-state index in [1.807, 2.05) is 12.1 Å². The normalized spacial score (nSPS) is 33.1. The molecule has 0 spiro atoms. The maximum atomic E-state index is 12.5. The molecular formula is C15H18O. The van der Waals surface area contributed by atoms with E-state index in [0.717, 1.165) is 18.4 Å². The highest BCUT2D eigenvalue weighted by atomic mass is 16.1. The monoisotopic (exact) mass is 214 g/mol. The van der Waals surface area contributed by atoms with Gasteiger partial charge in [0, 0.05) is 11.5 Å². The molecule has 3 rings (SSSR count). The van der Waals surface area contributed by atoms with Crippen molar-refractivity contribution >= 4 is 5.78 Å². The highest BCUT2D eigenvalue weighted by Crippen LogP contribution is 2.48. The van der Waals surface area contributed by atoms with Crippen molar-refractivity contribution in [2.75, 3.05) is 0 Å². The van der Waals surface area contributed by atoms with E-state index in [9.17, 15) is 4.79 Å². The molecule has 0 radical (unpaired) electrons. The summed E-state index contributed by atoms with van der Waals surface area (Å²) in [5, 5.41) is 0. The van der Waals surface area contributed by atoms with Crippen LogP contribution in [0.25, 0.3) is 0 Å². The Bertz CT molecular complexity index is 435. The molecule has 2 aliphatic rings. The predicted molar refractivity (Wildman–Crippen MR) is 64.5 cm³/mol. The lowest BCUT2D eigenvalue weighted by atomic mass is 9.59. The van der Waals surface area contributed by atoms with Gasteiger partial charge in [-0.2, -0.15) is 0 Å². The molecule has 2 aliphatic carbocycles. The number of benzene rings is 1. The molecular weight excluding hydrogens is 196 g/mol. The summed E-state index contributed by atoms with van der Waals surface area (Å²) in [6.07, 6.45) is 5.94. The zero-order chi connectivity index (χ0) is 11.2. The van der Waals surface area contributed by atoms with Gasteiger partial charge >= 0.3 is 0 Å². The van der Waals surface area contributed by atoms with Gasteiger partial charge in [0.2, 0.25) is 0 Å². The first-order valence-corrected chi connectivity index (χ1v) is 6.33. The molecule has 2 atom stereocenters. The van der Waals surface area contributed by atoms with Crippen molar-refractivity contribution < 1.29 is 4.79 Å². The van der Waals surface area contributed by atoms with Crippen LogP contribution in [0, 0.1) is 11.3 Å². The largest absolute Gasteiger partial charge is 0.294 e. The first-order chi connectivity index (χ1) is 7.71. The molecule has 0 amide bonds. The fraction of sp³-hybridized carbons (Fsp3) is 0.533. The Morgan fingerprint density at radius 1 is 1.25 bits per heavy atom. The summed E-state index contributed by atoms with van der Waals surface area (Å²) in [5.74, 6) is 0.695. The fourth-order valence-corrected chi connectivity index (χ4v) is 3.60. The molecule has 0 aromatic heterocycles. The van der Waals surface area contributed by atoms with E-state index in [-0.39, 0.29) is 11.3 Å². The highest BCUT2D eigenvalue weighted by molar-refractivity contribution is 6.00. The fourth-order valence-electron chi connectivity index (χ4n) is 3.60. The molecule has 0 N–H and O–H groups in total. The van der Waals surface area contributed by atoms with Crippen molar-refractivity contribution in [3.63, 3.8) is 0 Å². The summed E-state index contributed by atoms with van der Waals surface area (Å²) in [7, 11) is 0. The van der Waals surface area contributed by atoms with Crippen LogP contribution in [0.15, 0.2) is 24.3 Å². The van der Waals surface area contributed by atoms with Gasteiger partial charge in [-0.3, -0.25) is 4.79 Å². The molecule has 0 aliphatic heterocycles. The molecule has 1 aromatic rings. The van der Waals surface area contributed by atoms with Crippen molar-refractivity contribution in [1.29, 1.82) is 0 Å².